The van der Waals surface area contributed by atoms with Gasteiger partial charge in [-0.15, -0.1) is 12.4 Å². The van der Waals surface area contributed by atoms with E-state index < -0.39 is 20.7 Å². The minimum Gasteiger partial charge on any atom is -0.354 e. The Morgan fingerprint density at radius 2 is 1.82 bits per heavy atom. The molecule has 0 bridgehead atoms. The van der Waals surface area contributed by atoms with Gasteiger partial charge in [0.15, 0.2) is 4.75 Å². The van der Waals surface area contributed by atoms with Crippen molar-refractivity contribution in [3.8, 4) is 0 Å². The van der Waals surface area contributed by atoms with Gasteiger partial charge >= 0.3 is 0 Å². The topological polar surface area (TPSA) is 103 Å². The van der Waals surface area contributed by atoms with Crippen LogP contribution in [0.5, 0.6) is 0 Å². The number of rotatable bonds is 5. The summed E-state index contributed by atoms with van der Waals surface area (Å²) in [6.07, 6.45) is 5.52. The Morgan fingerprint density at radius 3 is 2.32 bits per heavy atom. The van der Waals surface area contributed by atoms with Crippen molar-refractivity contribution in [2.75, 3.05) is 31.1 Å². The van der Waals surface area contributed by atoms with Crippen molar-refractivity contribution >= 4 is 34.2 Å². The van der Waals surface area contributed by atoms with E-state index in [9.17, 15) is 13.2 Å². The van der Waals surface area contributed by atoms with Crippen LogP contribution in [0.1, 0.15) is 44.6 Å². The third kappa shape index (κ3) is 4.12. The van der Waals surface area contributed by atoms with E-state index in [1.54, 1.807) is 5.48 Å². The molecule has 0 atom stereocenters. The average molecular weight is 433 g/mol. The molecule has 2 heterocycles. The molecular weight excluding hydrogens is 404 g/mol. The normalized spacial score (nSPS) is 20.3. The summed E-state index contributed by atoms with van der Waals surface area (Å²) < 4.78 is 26.5. The predicted octanol–water partition coefficient (Wildman–Crippen LogP) is 1.73. The fourth-order valence-corrected chi connectivity index (χ4v) is 6.27. The van der Waals surface area contributed by atoms with Crippen molar-refractivity contribution in [1.29, 1.82) is 0 Å². The summed E-state index contributed by atoms with van der Waals surface area (Å²) in [7, 11) is -3.86. The molecule has 1 aliphatic heterocycles. The van der Waals surface area contributed by atoms with Gasteiger partial charge in [0, 0.05) is 32.4 Å². The molecule has 158 valence electrons. The van der Waals surface area contributed by atoms with Crippen LogP contribution in [0.4, 0.5) is 5.82 Å². The SMILES string of the molecule is CCc1ccc(N2CCN(S(=O)(=O)C3(C(=O)NO)CCCCC3)CC2)nc1.Cl. The van der Waals surface area contributed by atoms with E-state index in [0.29, 0.717) is 39.0 Å². The number of anilines is 1. The molecule has 2 fully saturated rings. The van der Waals surface area contributed by atoms with Gasteiger partial charge in [-0.3, -0.25) is 10.0 Å². The lowest BCUT2D eigenvalue weighted by Crippen LogP contribution is -2.61. The van der Waals surface area contributed by atoms with E-state index >= 15 is 0 Å². The maximum Gasteiger partial charge on any atom is 0.266 e. The standard InChI is InChI=1S/C18H28N4O4S.ClH/c1-2-15-6-7-16(19-14-15)21-10-12-22(13-11-21)27(25,26)18(17(23)20-24)8-4-3-5-9-18;/h6-7,14,24H,2-5,8-13H2,1H3,(H,20,23);1H. The molecule has 10 heteroatoms. The van der Waals surface area contributed by atoms with Crippen molar-refractivity contribution in [3.05, 3.63) is 23.9 Å². The monoisotopic (exact) mass is 432 g/mol. The highest BCUT2D eigenvalue weighted by Gasteiger charge is 2.53. The lowest BCUT2D eigenvalue weighted by molar-refractivity contribution is -0.132. The summed E-state index contributed by atoms with van der Waals surface area (Å²) in [4.78, 5) is 18.9. The second-order valence-electron chi connectivity index (χ2n) is 7.27. The summed E-state index contributed by atoms with van der Waals surface area (Å²) >= 11 is 0. The van der Waals surface area contributed by atoms with E-state index in [1.807, 2.05) is 18.3 Å². The van der Waals surface area contributed by atoms with Crippen LogP contribution in [0.25, 0.3) is 0 Å². The van der Waals surface area contributed by atoms with Gasteiger partial charge in [0.05, 0.1) is 0 Å². The van der Waals surface area contributed by atoms with Gasteiger partial charge in [0.25, 0.3) is 5.91 Å². The molecule has 2 N–H and O–H groups in total. The molecule has 0 spiro atoms. The quantitative estimate of drug-likeness (QED) is 0.542. The van der Waals surface area contributed by atoms with Crippen LogP contribution >= 0.6 is 12.4 Å². The van der Waals surface area contributed by atoms with Crippen LogP contribution in [-0.2, 0) is 21.2 Å². The zero-order valence-corrected chi connectivity index (χ0v) is 17.8. The number of sulfonamides is 1. The Hall–Kier alpha value is -1.42. The van der Waals surface area contributed by atoms with Crippen molar-refractivity contribution in [2.24, 2.45) is 0 Å². The lowest BCUT2D eigenvalue weighted by atomic mass is 9.88. The maximum absolute atomic E-state index is 13.3. The molecule has 8 nitrogen and oxygen atoms in total. The fraction of sp³-hybridized carbons (Fsp3) is 0.667. The van der Waals surface area contributed by atoms with Gasteiger partial charge < -0.3 is 4.90 Å². The fourth-order valence-electron chi connectivity index (χ4n) is 4.04. The van der Waals surface area contributed by atoms with E-state index in [4.69, 9.17) is 5.21 Å². The van der Waals surface area contributed by atoms with Crippen LogP contribution in [0, 0.1) is 0 Å². The highest BCUT2D eigenvalue weighted by atomic mass is 35.5. The lowest BCUT2D eigenvalue weighted by Gasteiger charge is -2.41. The second kappa shape index (κ2) is 9.39. The molecular formula is C18H29ClN4O4S. The van der Waals surface area contributed by atoms with E-state index in [-0.39, 0.29) is 25.2 Å². The highest BCUT2D eigenvalue weighted by molar-refractivity contribution is 7.91. The number of halogens is 1. The third-order valence-electron chi connectivity index (χ3n) is 5.79. The Kier molecular flexibility index (Phi) is 7.66. The minimum absolute atomic E-state index is 0. The molecule has 1 amide bonds. The zero-order chi connectivity index (χ0) is 19.5. The Morgan fingerprint density at radius 1 is 1.18 bits per heavy atom. The van der Waals surface area contributed by atoms with Gasteiger partial charge in [-0.25, -0.2) is 18.9 Å². The third-order valence-corrected chi connectivity index (χ3v) is 8.42. The number of pyridine rings is 1. The molecule has 0 radical (unpaired) electrons. The van der Waals surface area contributed by atoms with Crippen molar-refractivity contribution in [3.63, 3.8) is 0 Å². The molecule has 1 aliphatic carbocycles. The molecule has 3 rings (SSSR count). The Balaban J connectivity index is 0.00000280. The molecule has 1 saturated heterocycles. The number of aromatic nitrogens is 1. The van der Waals surface area contributed by atoms with Crippen LogP contribution in [0.15, 0.2) is 18.3 Å². The maximum atomic E-state index is 13.3. The summed E-state index contributed by atoms with van der Waals surface area (Å²) in [6.45, 7) is 3.73. The van der Waals surface area contributed by atoms with Crippen LogP contribution in [0.2, 0.25) is 0 Å². The second-order valence-corrected chi connectivity index (χ2v) is 9.51. The van der Waals surface area contributed by atoms with Crippen LogP contribution in [0.3, 0.4) is 0 Å². The number of amides is 1. The van der Waals surface area contributed by atoms with Crippen LogP contribution < -0.4 is 10.4 Å². The van der Waals surface area contributed by atoms with E-state index in [2.05, 4.69) is 16.8 Å². The number of carbonyl (C=O) groups excluding carboxylic acids is 1. The van der Waals surface area contributed by atoms with Gasteiger partial charge in [0.2, 0.25) is 10.0 Å². The molecule has 0 aromatic carbocycles. The van der Waals surface area contributed by atoms with Crippen molar-refractivity contribution in [2.45, 2.75) is 50.2 Å². The van der Waals surface area contributed by atoms with E-state index in [1.165, 1.54) is 4.31 Å². The number of carbonyl (C=O) groups is 1. The number of piperazine rings is 1. The van der Waals surface area contributed by atoms with Gasteiger partial charge in [-0.1, -0.05) is 32.3 Å². The highest BCUT2D eigenvalue weighted by Crippen LogP contribution is 2.38. The Bertz CT molecular complexity index is 758. The predicted molar refractivity (Wildman–Crippen MR) is 109 cm³/mol. The number of nitrogens with one attached hydrogen (secondary N) is 1. The van der Waals surface area contributed by atoms with Gasteiger partial charge in [-0.05, 0) is 30.9 Å². The first-order valence-electron chi connectivity index (χ1n) is 9.59. The van der Waals surface area contributed by atoms with E-state index in [0.717, 1.165) is 24.2 Å². The number of nitrogens with zero attached hydrogens (tertiary/aromatic N) is 3. The van der Waals surface area contributed by atoms with Crippen molar-refractivity contribution < 1.29 is 18.4 Å². The number of hydrogen-bond donors (Lipinski definition) is 2. The molecule has 2 aliphatic rings. The molecule has 28 heavy (non-hydrogen) atoms. The Labute approximate surface area is 172 Å². The zero-order valence-electron chi connectivity index (χ0n) is 16.1. The average Bonchev–Trinajstić information content (AvgIpc) is 2.73. The number of aryl methyl sites for hydroxylation is 1. The van der Waals surface area contributed by atoms with Crippen LogP contribution in [-0.4, -0.2) is 59.7 Å². The summed E-state index contributed by atoms with van der Waals surface area (Å²) in [5.74, 6) is 0.0335. The molecule has 1 aromatic heterocycles. The van der Waals surface area contributed by atoms with Crippen molar-refractivity contribution in [1.82, 2.24) is 14.8 Å². The summed E-state index contributed by atoms with van der Waals surface area (Å²) in [5, 5.41) is 9.15. The smallest absolute Gasteiger partial charge is 0.266 e. The largest absolute Gasteiger partial charge is 0.354 e. The summed E-state index contributed by atoms with van der Waals surface area (Å²) in [6, 6.07) is 4.00. The summed E-state index contributed by atoms with van der Waals surface area (Å²) in [5.41, 5.74) is 2.76. The molecule has 1 saturated carbocycles. The number of hydrogen-bond acceptors (Lipinski definition) is 6. The number of hydroxylamine groups is 1. The van der Waals surface area contributed by atoms with Gasteiger partial charge in [0.1, 0.15) is 5.82 Å². The van der Waals surface area contributed by atoms with Gasteiger partial charge in [-0.2, -0.15) is 4.31 Å². The molecule has 1 aromatic rings. The first kappa shape index (κ1) is 22.9. The minimum atomic E-state index is -3.86. The molecule has 0 unspecified atom stereocenters. The first-order valence-corrected chi connectivity index (χ1v) is 11.0. The first-order chi connectivity index (χ1) is 12.9.